The van der Waals surface area contributed by atoms with Crippen molar-refractivity contribution in [3.63, 3.8) is 0 Å². The van der Waals surface area contributed by atoms with E-state index in [1.807, 2.05) is 0 Å². The van der Waals surface area contributed by atoms with Crippen LogP contribution in [0.3, 0.4) is 0 Å². The SMILES string of the molecule is O=C(NCc1c(C(F)(F)F)sc2c1CCCC2)Nc1sc2c(c1C(=O)OC1CCCC1)CCCC2. The number of hydrogen-bond donors (Lipinski definition) is 2. The number of thiophene rings is 2. The number of nitrogens with one attached hydrogen (secondary N) is 2. The minimum absolute atomic E-state index is 0.0890. The van der Waals surface area contributed by atoms with Crippen LogP contribution in [0.1, 0.15) is 93.0 Å². The fraction of sp³-hybridized carbons (Fsp3) is 0.600. The van der Waals surface area contributed by atoms with Crippen molar-refractivity contribution in [2.45, 2.75) is 95.9 Å². The number of carbonyl (C=O) groups excluding carboxylic acids is 2. The van der Waals surface area contributed by atoms with Gasteiger partial charge >= 0.3 is 18.2 Å². The Hall–Kier alpha value is -2.07. The largest absolute Gasteiger partial charge is 0.459 e. The predicted octanol–water partition coefficient (Wildman–Crippen LogP) is 7.01. The second-order valence-corrected chi connectivity index (χ2v) is 11.8. The highest BCUT2D eigenvalue weighted by atomic mass is 32.1. The van der Waals surface area contributed by atoms with Crippen molar-refractivity contribution in [3.05, 3.63) is 36.9 Å². The number of carbonyl (C=O) groups is 2. The van der Waals surface area contributed by atoms with Gasteiger partial charge in [0.15, 0.2) is 0 Å². The number of esters is 1. The van der Waals surface area contributed by atoms with E-state index in [4.69, 9.17) is 4.74 Å². The Labute approximate surface area is 210 Å². The van der Waals surface area contributed by atoms with Gasteiger partial charge in [-0.15, -0.1) is 22.7 Å². The molecule has 0 bridgehead atoms. The highest BCUT2D eigenvalue weighted by Crippen LogP contribution is 2.43. The molecule has 0 unspecified atom stereocenters. The van der Waals surface area contributed by atoms with Gasteiger partial charge in [-0.3, -0.25) is 5.32 Å². The maximum atomic E-state index is 13.7. The number of hydrogen-bond acceptors (Lipinski definition) is 5. The fourth-order valence-electron chi connectivity index (χ4n) is 5.45. The lowest BCUT2D eigenvalue weighted by molar-refractivity contribution is -0.135. The van der Waals surface area contributed by atoms with Crippen LogP contribution >= 0.6 is 22.7 Å². The van der Waals surface area contributed by atoms with Crippen LogP contribution in [0.4, 0.5) is 23.0 Å². The van der Waals surface area contributed by atoms with Crippen molar-refractivity contribution in [1.29, 1.82) is 0 Å². The Balaban J connectivity index is 1.33. The van der Waals surface area contributed by atoms with E-state index >= 15 is 0 Å². The quantitative estimate of drug-likeness (QED) is 0.412. The summed E-state index contributed by atoms with van der Waals surface area (Å²) in [4.78, 5) is 27.2. The lowest BCUT2D eigenvalue weighted by Gasteiger charge is -2.16. The summed E-state index contributed by atoms with van der Waals surface area (Å²) < 4.78 is 46.8. The van der Waals surface area contributed by atoms with E-state index in [2.05, 4.69) is 10.6 Å². The zero-order valence-electron chi connectivity index (χ0n) is 19.4. The fourth-order valence-corrected chi connectivity index (χ4v) is 8.00. The standard InChI is InChI=1S/C25H29F3N2O3S2/c26-25(27,28)21-17(15-9-3-5-11-18(15)34-21)13-29-24(32)30-22-20(16-10-4-6-12-19(16)35-22)23(31)33-14-7-1-2-8-14/h14H,1-13H2,(H2,29,30,32). The molecule has 1 saturated carbocycles. The van der Waals surface area contributed by atoms with Gasteiger partial charge in [0.05, 0.1) is 5.56 Å². The molecule has 2 heterocycles. The molecule has 0 radical (unpaired) electrons. The molecule has 0 atom stereocenters. The number of ether oxygens (including phenoxy) is 1. The molecule has 0 aliphatic heterocycles. The van der Waals surface area contributed by atoms with Gasteiger partial charge < -0.3 is 10.1 Å². The Bertz CT molecular complexity index is 1120. The Morgan fingerprint density at radius 2 is 1.51 bits per heavy atom. The van der Waals surface area contributed by atoms with E-state index in [1.165, 1.54) is 11.3 Å². The number of halogens is 3. The molecular weight excluding hydrogens is 497 g/mol. The van der Waals surface area contributed by atoms with E-state index in [1.54, 1.807) is 0 Å². The summed E-state index contributed by atoms with van der Waals surface area (Å²) in [5.74, 6) is -0.405. The van der Waals surface area contributed by atoms with Crippen LogP contribution in [-0.2, 0) is 43.1 Å². The molecule has 190 valence electrons. The molecule has 1 fully saturated rings. The third-order valence-electron chi connectivity index (χ3n) is 7.14. The third kappa shape index (κ3) is 5.23. The molecule has 3 aliphatic carbocycles. The van der Waals surface area contributed by atoms with Gasteiger partial charge in [-0.1, -0.05) is 0 Å². The number of fused-ring (bicyclic) bond motifs is 2. The van der Waals surface area contributed by atoms with Crippen molar-refractivity contribution < 1.29 is 27.5 Å². The Morgan fingerprint density at radius 1 is 0.886 bits per heavy atom. The summed E-state index contributed by atoms with van der Waals surface area (Å²) in [5.41, 5.74) is 2.29. The van der Waals surface area contributed by atoms with Crippen molar-refractivity contribution in [2.75, 3.05) is 5.32 Å². The van der Waals surface area contributed by atoms with Gasteiger partial charge in [-0.25, -0.2) is 9.59 Å². The zero-order valence-corrected chi connectivity index (χ0v) is 21.1. The van der Waals surface area contributed by atoms with Crippen LogP contribution in [0.5, 0.6) is 0 Å². The highest BCUT2D eigenvalue weighted by Gasteiger charge is 2.38. The van der Waals surface area contributed by atoms with Crippen LogP contribution in [-0.4, -0.2) is 18.1 Å². The molecule has 2 amide bonds. The number of urea groups is 1. The van der Waals surface area contributed by atoms with Crippen molar-refractivity contribution in [2.24, 2.45) is 0 Å². The van der Waals surface area contributed by atoms with Gasteiger partial charge in [0.25, 0.3) is 0 Å². The third-order valence-corrected chi connectivity index (χ3v) is 9.73. The average Bonchev–Trinajstić information content (AvgIpc) is 3.54. The van der Waals surface area contributed by atoms with Crippen LogP contribution in [0, 0.1) is 0 Å². The van der Waals surface area contributed by atoms with E-state index < -0.39 is 23.1 Å². The molecule has 5 nitrogen and oxygen atoms in total. The second-order valence-electron chi connectivity index (χ2n) is 9.55. The average molecular weight is 527 g/mol. The van der Waals surface area contributed by atoms with E-state index in [0.717, 1.165) is 96.4 Å². The van der Waals surface area contributed by atoms with Crippen LogP contribution in [0.25, 0.3) is 0 Å². The lowest BCUT2D eigenvalue weighted by Crippen LogP contribution is -2.30. The van der Waals surface area contributed by atoms with Crippen molar-refractivity contribution >= 4 is 39.7 Å². The minimum Gasteiger partial charge on any atom is -0.459 e. The summed E-state index contributed by atoms with van der Waals surface area (Å²) in [6.07, 6.45) is 5.88. The van der Waals surface area contributed by atoms with Crippen molar-refractivity contribution in [3.8, 4) is 0 Å². The first-order chi connectivity index (χ1) is 16.8. The lowest BCUT2D eigenvalue weighted by atomic mass is 9.94. The molecule has 2 aromatic heterocycles. The molecular formula is C25H29F3N2O3S2. The first-order valence-electron chi connectivity index (χ1n) is 12.4. The summed E-state index contributed by atoms with van der Waals surface area (Å²) >= 11 is 2.19. The molecule has 0 spiro atoms. The summed E-state index contributed by atoms with van der Waals surface area (Å²) in [7, 11) is 0. The molecule has 0 saturated heterocycles. The number of aryl methyl sites for hydroxylation is 2. The molecule has 35 heavy (non-hydrogen) atoms. The van der Waals surface area contributed by atoms with Gasteiger partial charge in [-0.2, -0.15) is 13.2 Å². The second kappa shape index (κ2) is 10.1. The molecule has 2 N–H and O–H groups in total. The number of rotatable bonds is 5. The molecule has 0 aromatic carbocycles. The van der Waals surface area contributed by atoms with Gasteiger partial charge in [-0.05, 0) is 93.7 Å². The van der Waals surface area contributed by atoms with Crippen LogP contribution in [0.2, 0.25) is 0 Å². The van der Waals surface area contributed by atoms with Crippen LogP contribution in [0.15, 0.2) is 0 Å². The van der Waals surface area contributed by atoms with Gasteiger partial charge in [0, 0.05) is 16.3 Å². The van der Waals surface area contributed by atoms with Crippen molar-refractivity contribution in [1.82, 2.24) is 5.32 Å². The highest BCUT2D eigenvalue weighted by molar-refractivity contribution is 7.17. The normalized spacial score (nSPS) is 18.1. The smallest absolute Gasteiger partial charge is 0.425 e. The molecule has 5 rings (SSSR count). The zero-order chi connectivity index (χ0) is 24.6. The maximum absolute atomic E-state index is 13.7. The summed E-state index contributed by atoms with van der Waals surface area (Å²) in [6, 6.07) is -0.609. The first-order valence-corrected chi connectivity index (χ1v) is 14.1. The van der Waals surface area contributed by atoms with E-state index in [9.17, 15) is 22.8 Å². The molecule has 3 aliphatic rings. The first kappa shape index (κ1) is 24.6. The van der Waals surface area contributed by atoms with E-state index in [-0.39, 0.29) is 18.2 Å². The topological polar surface area (TPSA) is 67.4 Å². The number of amides is 2. The number of alkyl halides is 3. The van der Waals surface area contributed by atoms with Gasteiger partial charge in [0.2, 0.25) is 0 Å². The minimum atomic E-state index is -4.44. The number of anilines is 1. The monoisotopic (exact) mass is 526 g/mol. The van der Waals surface area contributed by atoms with Crippen LogP contribution < -0.4 is 10.6 Å². The maximum Gasteiger partial charge on any atom is 0.425 e. The Morgan fingerprint density at radius 3 is 2.20 bits per heavy atom. The summed E-state index contributed by atoms with van der Waals surface area (Å²) in [5, 5.41) is 5.82. The molecule has 10 heteroatoms. The summed E-state index contributed by atoms with van der Waals surface area (Å²) in [6.45, 7) is -0.195. The van der Waals surface area contributed by atoms with E-state index in [0.29, 0.717) is 23.4 Å². The Kier molecular flexibility index (Phi) is 7.12. The van der Waals surface area contributed by atoms with Gasteiger partial charge in [0.1, 0.15) is 16.0 Å². The predicted molar refractivity (Wildman–Crippen MR) is 130 cm³/mol. The molecule has 2 aromatic rings.